The van der Waals surface area contributed by atoms with Crippen LogP contribution in [0, 0.1) is 18.6 Å². The van der Waals surface area contributed by atoms with Crippen LogP contribution in [0.2, 0.25) is 0 Å². The highest BCUT2D eigenvalue weighted by Crippen LogP contribution is 2.32. The van der Waals surface area contributed by atoms with E-state index in [4.69, 9.17) is 0 Å². The Hall–Kier alpha value is -3.13. The van der Waals surface area contributed by atoms with Crippen LogP contribution in [0.5, 0.6) is 0 Å². The van der Waals surface area contributed by atoms with Gasteiger partial charge in [0.25, 0.3) is 11.8 Å². The highest BCUT2D eigenvalue weighted by atomic mass is 32.1. The number of piperidine rings is 1. The Labute approximate surface area is 189 Å². The molecule has 8 heteroatoms. The number of benzene rings is 2. The SMILES string of the molecule is Cc1nc(C(=O)N2CCCCC2CNC(=O)c2ccc(F)cc2)c(-c2ccc(F)cc2)s1. The van der Waals surface area contributed by atoms with Gasteiger partial charge >= 0.3 is 0 Å². The molecular formula is C24H23F2N3O2S. The first-order chi connectivity index (χ1) is 15.4. The molecule has 1 unspecified atom stereocenters. The van der Waals surface area contributed by atoms with E-state index in [0.717, 1.165) is 29.8 Å². The van der Waals surface area contributed by atoms with E-state index in [1.54, 1.807) is 17.0 Å². The number of likely N-dealkylation sites (tertiary alicyclic amines) is 1. The molecule has 1 fully saturated rings. The third-order valence-corrected chi connectivity index (χ3v) is 6.56. The van der Waals surface area contributed by atoms with Crippen molar-refractivity contribution in [2.45, 2.75) is 32.2 Å². The lowest BCUT2D eigenvalue weighted by molar-refractivity contribution is 0.0598. The van der Waals surface area contributed by atoms with Crippen LogP contribution in [-0.2, 0) is 0 Å². The summed E-state index contributed by atoms with van der Waals surface area (Å²) in [6, 6.07) is 11.2. The molecule has 32 heavy (non-hydrogen) atoms. The summed E-state index contributed by atoms with van der Waals surface area (Å²) in [4.78, 5) is 32.9. The minimum absolute atomic E-state index is 0.163. The van der Waals surface area contributed by atoms with Gasteiger partial charge in [0.2, 0.25) is 0 Å². The van der Waals surface area contributed by atoms with Crippen LogP contribution in [0.4, 0.5) is 8.78 Å². The molecule has 0 aliphatic carbocycles. The van der Waals surface area contributed by atoms with E-state index in [2.05, 4.69) is 10.3 Å². The van der Waals surface area contributed by atoms with Crippen molar-refractivity contribution in [3.8, 4) is 10.4 Å². The number of nitrogens with zero attached hydrogens (tertiary/aromatic N) is 2. The smallest absolute Gasteiger partial charge is 0.274 e. The molecule has 5 nitrogen and oxygen atoms in total. The lowest BCUT2D eigenvalue weighted by Crippen LogP contribution is -2.49. The minimum Gasteiger partial charge on any atom is -0.350 e. The van der Waals surface area contributed by atoms with Crippen molar-refractivity contribution in [3.63, 3.8) is 0 Å². The zero-order chi connectivity index (χ0) is 22.7. The van der Waals surface area contributed by atoms with Gasteiger partial charge in [-0.3, -0.25) is 9.59 Å². The standard InChI is InChI=1S/C24H23F2N3O2S/c1-15-28-21(22(32-15)16-5-9-18(25)10-6-16)24(31)29-13-3-2-4-20(29)14-27-23(30)17-7-11-19(26)12-8-17/h5-12,20H,2-4,13-14H2,1H3,(H,27,30). The van der Waals surface area contributed by atoms with Crippen molar-refractivity contribution in [1.29, 1.82) is 0 Å². The number of halogens is 2. The summed E-state index contributed by atoms with van der Waals surface area (Å²) >= 11 is 1.40. The van der Waals surface area contributed by atoms with Gasteiger partial charge in [-0.2, -0.15) is 0 Å². The number of carbonyl (C=O) groups excluding carboxylic acids is 2. The van der Waals surface area contributed by atoms with E-state index in [1.807, 2.05) is 6.92 Å². The fraction of sp³-hybridized carbons (Fsp3) is 0.292. The fourth-order valence-corrected chi connectivity index (χ4v) is 4.81. The van der Waals surface area contributed by atoms with Crippen LogP contribution in [-0.4, -0.2) is 40.8 Å². The maximum atomic E-state index is 13.5. The van der Waals surface area contributed by atoms with Gasteiger partial charge in [0, 0.05) is 24.7 Å². The Balaban J connectivity index is 1.51. The fourth-order valence-electron chi connectivity index (χ4n) is 3.90. The van der Waals surface area contributed by atoms with Crippen molar-refractivity contribution in [2.24, 2.45) is 0 Å². The second kappa shape index (κ2) is 9.56. The van der Waals surface area contributed by atoms with Crippen molar-refractivity contribution in [1.82, 2.24) is 15.2 Å². The lowest BCUT2D eigenvalue weighted by Gasteiger charge is -2.35. The predicted octanol–water partition coefficient (Wildman–Crippen LogP) is 4.82. The van der Waals surface area contributed by atoms with Crippen LogP contribution in [0.3, 0.4) is 0 Å². The predicted molar refractivity (Wildman–Crippen MR) is 120 cm³/mol. The molecule has 1 aliphatic heterocycles. The molecule has 2 heterocycles. The summed E-state index contributed by atoms with van der Waals surface area (Å²) < 4.78 is 26.5. The first kappa shape index (κ1) is 22.1. The number of hydrogen-bond acceptors (Lipinski definition) is 4. The summed E-state index contributed by atoms with van der Waals surface area (Å²) in [7, 11) is 0. The van der Waals surface area contributed by atoms with Crippen LogP contribution < -0.4 is 5.32 Å². The molecule has 0 radical (unpaired) electrons. The van der Waals surface area contributed by atoms with Gasteiger partial charge < -0.3 is 10.2 Å². The topological polar surface area (TPSA) is 62.3 Å². The number of aryl methyl sites for hydroxylation is 1. The van der Waals surface area contributed by atoms with Crippen molar-refractivity contribution < 1.29 is 18.4 Å². The summed E-state index contributed by atoms with van der Waals surface area (Å²) in [5.41, 5.74) is 1.48. The Kier molecular flexibility index (Phi) is 6.60. The maximum absolute atomic E-state index is 13.5. The third kappa shape index (κ3) is 4.85. The van der Waals surface area contributed by atoms with Gasteiger partial charge in [-0.05, 0) is 68.1 Å². The highest BCUT2D eigenvalue weighted by Gasteiger charge is 2.31. The van der Waals surface area contributed by atoms with Crippen molar-refractivity contribution in [3.05, 3.63) is 76.4 Å². The molecule has 166 valence electrons. The summed E-state index contributed by atoms with van der Waals surface area (Å²) in [6.45, 7) is 2.72. The molecule has 1 atom stereocenters. The summed E-state index contributed by atoms with van der Waals surface area (Å²) in [5.74, 6) is -1.23. The largest absolute Gasteiger partial charge is 0.350 e. The van der Waals surface area contributed by atoms with E-state index in [9.17, 15) is 18.4 Å². The zero-order valence-electron chi connectivity index (χ0n) is 17.6. The van der Waals surface area contributed by atoms with E-state index >= 15 is 0 Å². The Bertz CT molecular complexity index is 1110. The van der Waals surface area contributed by atoms with Crippen LogP contribution in [0.25, 0.3) is 10.4 Å². The first-order valence-electron chi connectivity index (χ1n) is 10.5. The van der Waals surface area contributed by atoms with Gasteiger partial charge in [0.1, 0.15) is 17.3 Å². The molecule has 3 aromatic rings. The van der Waals surface area contributed by atoms with Crippen LogP contribution in [0.15, 0.2) is 48.5 Å². The molecule has 0 spiro atoms. The molecule has 2 aromatic carbocycles. The van der Waals surface area contributed by atoms with Crippen LogP contribution in [0.1, 0.15) is 45.1 Å². The number of aromatic nitrogens is 1. The number of rotatable bonds is 5. The Morgan fingerprint density at radius 1 is 1.06 bits per heavy atom. The van der Waals surface area contributed by atoms with Gasteiger partial charge in [-0.1, -0.05) is 12.1 Å². The summed E-state index contributed by atoms with van der Waals surface area (Å²) in [5, 5.41) is 3.62. The molecule has 4 rings (SSSR count). The molecule has 2 amide bonds. The average Bonchev–Trinajstić information content (AvgIpc) is 3.19. The normalized spacial score (nSPS) is 16.1. The number of amides is 2. The second-order valence-corrected chi connectivity index (χ2v) is 8.99. The van der Waals surface area contributed by atoms with Gasteiger partial charge in [-0.15, -0.1) is 11.3 Å². The van der Waals surface area contributed by atoms with Gasteiger partial charge in [-0.25, -0.2) is 13.8 Å². The highest BCUT2D eigenvalue weighted by molar-refractivity contribution is 7.15. The monoisotopic (exact) mass is 455 g/mol. The maximum Gasteiger partial charge on any atom is 0.274 e. The average molecular weight is 456 g/mol. The second-order valence-electron chi connectivity index (χ2n) is 7.78. The molecule has 1 saturated heterocycles. The van der Waals surface area contributed by atoms with Crippen molar-refractivity contribution in [2.75, 3.05) is 13.1 Å². The summed E-state index contributed by atoms with van der Waals surface area (Å²) in [6.07, 6.45) is 2.61. The van der Waals surface area contributed by atoms with Gasteiger partial charge in [0.05, 0.1) is 9.88 Å². The number of carbonyl (C=O) groups is 2. The van der Waals surface area contributed by atoms with Crippen molar-refractivity contribution >= 4 is 23.2 Å². The lowest BCUT2D eigenvalue weighted by atomic mass is 10.0. The van der Waals surface area contributed by atoms with E-state index in [-0.39, 0.29) is 23.7 Å². The van der Waals surface area contributed by atoms with Gasteiger partial charge in [0.15, 0.2) is 0 Å². The molecule has 1 aliphatic rings. The Morgan fingerprint density at radius 2 is 1.72 bits per heavy atom. The minimum atomic E-state index is -0.402. The van der Waals surface area contributed by atoms with Crippen LogP contribution >= 0.6 is 11.3 Å². The quantitative estimate of drug-likeness (QED) is 0.600. The zero-order valence-corrected chi connectivity index (χ0v) is 18.4. The molecule has 1 N–H and O–H groups in total. The Morgan fingerprint density at radius 3 is 2.41 bits per heavy atom. The van der Waals surface area contributed by atoms with E-state index < -0.39 is 5.82 Å². The molecule has 0 bridgehead atoms. The third-order valence-electron chi connectivity index (χ3n) is 5.54. The first-order valence-corrected chi connectivity index (χ1v) is 11.3. The number of nitrogens with one attached hydrogen (secondary N) is 1. The van der Waals surface area contributed by atoms with E-state index in [1.165, 1.54) is 47.7 Å². The van der Waals surface area contributed by atoms with E-state index in [0.29, 0.717) is 29.2 Å². The molecule has 1 aromatic heterocycles. The molecular weight excluding hydrogens is 432 g/mol. The number of thiazole rings is 1. The number of hydrogen-bond donors (Lipinski definition) is 1. The molecule has 0 saturated carbocycles.